The number of rotatable bonds is 22. The first-order chi connectivity index (χ1) is 34.8. The van der Waals surface area contributed by atoms with E-state index in [1.165, 1.54) is 0 Å². The van der Waals surface area contributed by atoms with Gasteiger partial charge in [-0.1, -0.05) is 123 Å². The second-order valence-electron chi connectivity index (χ2n) is 26.2. The molecule has 1 aromatic carbocycles. The van der Waals surface area contributed by atoms with Crippen LogP contribution in [-0.2, 0) is 56.1 Å². The van der Waals surface area contributed by atoms with Gasteiger partial charge in [-0.3, -0.25) is 0 Å². The largest absolute Gasteiger partial charge is 0.534 e. The van der Waals surface area contributed by atoms with Gasteiger partial charge < -0.3 is 45.9 Å². The summed E-state index contributed by atoms with van der Waals surface area (Å²) in [7, 11) is -13.6. The van der Waals surface area contributed by atoms with E-state index in [4.69, 9.17) is 37.0 Å². The predicted octanol–water partition coefficient (Wildman–Crippen LogP) is 13.5. The average Bonchev–Trinajstić information content (AvgIpc) is 3.67. The zero-order valence-corrected chi connectivity index (χ0v) is 54.0. The van der Waals surface area contributed by atoms with Gasteiger partial charge in [-0.15, -0.1) is 0 Å². The highest BCUT2D eigenvalue weighted by Gasteiger charge is 2.58. The molecule has 4 heterocycles. The van der Waals surface area contributed by atoms with Crippen LogP contribution in [0.2, 0.25) is 54.4 Å². The minimum atomic E-state index is -5.85. The van der Waals surface area contributed by atoms with E-state index in [-0.39, 0.29) is 52.4 Å². The number of hydrogen-bond acceptors (Lipinski definition) is 13. The lowest BCUT2D eigenvalue weighted by Crippen LogP contribution is -2.69. The Kier molecular flexibility index (Phi) is 21.4. The maximum absolute atomic E-state index is 14.0. The fourth-order valence-electron chi connectivity index (χ4n) is 9.53. The first-order valence-corrected chi connectivity index (χ1v) is 38.7. The molecule has 0 bridgehead atoms. The summed E-state index contributed by atoms with van der Waals surface area (Å²) in [5.41, 5.74) is -5.88. The molecule has 13 nitrogen and oxygen atoms in total. The summed E-state index contributed by atoms with van der Waals surface area (Å²) < 4.78 is 125. The Morgan fingerprint density at radius 1 is 0.816 bits per heavy atom. The Bertz CT molecular complexity index is 2270. The van der Waals surface area contributed by atoms with Crippen LogP contribution < -0.4 is 0 Å². The molecule has 0 aliphatic carbocycles. The molecule has 0 aromatic heterocycles. The first kappa shape index (κ1) is 65.3. The summed E-state index contributed by atoms with van der Waals surface area (Å²) in [6.45, 7) is 38.3. The van der Waals surface area contributed by atoms with Crippen LogP contribution in [0.4, 0.5) is 13.2 Å². The second kappa shape index (κ2) is 24.9. The third kappa shape index (κ3) is 15.9. The first-order valence-electron chi connectivity index (χ1n) is 27.1. The quantitative estimate of drug-likeness (QED) is 0.0125. The Morgan fingerprint density at radius 3 is 1.95 bits per heavy atom. The van der Waals surface area contributed by atoms with Crippen molar-refractivity contribution in [3.05, 3.63) is 60.4 Å². The number of alkyl halides is 4. The van der Waals surface area contributed by atoms with E-state index in [9.17, 15) is 31.2 Å². The molecule has 1 aromatic rings. The number of halogens is 4. The van der Waals surface area contributed by atoms with E-state index in [0.717, 1.165) is 6.29 Å². The molecular weight excluding hydrogens is 1170 g/mol. The molecule has 0 N–H and O–H groups in total. The van der Waals surface area contributed by atoms with E-state index < -0.39 is 107 Å². The number of esters is 1. The predicted molar refractivity (Wildman–Crippen MR) is 305 cm³/mol. The van der Waals surface area contributed by atoms with Crippen LogP contribution in [0.3, 0.4) is 0 Å². The zero-order valence-electron chi connectivity index (χ0n) is 48.1. The van der Waals surface area contributed by atoms with Crippen LogP contribution in [0.5, 0.6) is 0 Å². The summed E-state index contributed by atoms with van der Waals surface area (Å²) >= 11 is 2.28. The van der Waals surface area contributed by atoms with E-state index in [0.29, 0.717) is 54.9 Å². The zero-order chi connectivity index (χ0) is 57.3. The summed E-state index contributed by atoms with van der Waals surface area (Å²) in [5.74, 6) is -1.74. The molecule has 76 heavy (non-hydrogen) atoms. The maximum atomic E-state index is 14.0. The van der Waals surface area contributed by atoms with Gasteiger partial charge in [0.1, 0.15) is 48.2 Å². The van der Waals surface area contributed by atoms with Crippen LogP contribution in [-0.4, -0.2) is 128 Å². The Balaban J connectivity index is 1.52. The van der Waals surface area contributed by atoms with E-state index >= 15 is 0 Å². The maximum Gasteiger partial charge on any atom is 0.534 e. The van der Waals surface area contributed by atoms with Gasteiger partial charge in [0.25, 0.3) is 0 Å². The highest BCUT2D eigenvalue weighted by Crippen LogP contribution is 2.49. The minimum absolute atomic E-state index is 0.161. The lowest BCUT2D eigenvalue weighted by atomic mass is 9.85. The normalized spacial score (nSPS) is 29.5. The van der Waals surface area contributed by atoms with Crippen LogP contribution in [0.1, 0.15) is 137 Å². The van der Waals surface area contributed by atoms with Crippen molar-refractivity contribution in [3.8, 4) is 0 Å². The van der Waals surface area contributed by atoms with Gasteiger partial charge in [0, 0.05) is 23.2 Å². The molecule has 4 fully saturated rings. The summed E-state index contributed by atoms with van der Waals surface area (Å²) in [4.78, 5) is 25.9. The lowest BCUT2D eigenvalue weighted by Gasteiger charge is -2.56. The SMILES string of the molecule is C=C(OS(=O)(=O)C(F)(F)F)[C@H](C)C[C@H]1CC[C@@H]2O[C@@H](CC[C@@H](/C=C/C(O[Si](C)(C)C(C)(C)C)C3O[C@H]4CC[C@H](CC=O)OC4[C@H](O[Si](C)(C)C(C)(C)C)[C@@H]3O[Si](C)(C)C(C)(C)C)OC(=O)c3ccccc3)C[C@]2(CI)O1. The van der Waals surface area contributed by atoms with Crippen LogP contribution in [0.25, 0.3) is 0 Å². The standard InChI is InChI=1S/C55H90F3IO13SSi3/c1-36(37(2)69-73(62,63)55(56,57)58)33-41-27-30-45-54(35-59,68-41)34-42(64-45)24-23-39(66-50(61)38-21-19-18-20-22-38)26-29-44(70-74(12,13)51(3,4)5)47-49(72-76(16,17)53(9,10)11)48(71-75(14,15)52(6,7)8)46-43(67-47)28-25-40(65-46)31-32-60/h18-22,26,29,32,36,39-49H,2,23-25,27-28,30-31,33-35H2,1,3-17H3/b29-26+/t36-,39+,40-,41-,42+,43+,44?,45+,46?,47?,48+,49-,54-/m1/s1. The molecule has 3 unspecified atom stereocenters. The van der Waals surface area contributed by atoms with Gasteiger partial charge in [-0.25, -0.2) is 4.79 Å². The molecule has 0 radical (unpaired) electrons. The van der Waals surface area contributed by atoms with Gasteiger partial charge in [-0.2, -0.15) is 21.6 Å². The summed E-state index contributed by atoms with van der Waals surface area (Å²) in [6.07, 6.45) is 3.70. The molecule has 4 aliphatic heterocycles. The highest BCUT2D eigenvalue weighted by molar-refractivity contribution is 14.1. The molecule has 5 rings (SSSR count). The molecule has 4 aliphatic rings. The number of fused-ring (bicyclic) bond motifs is 2. The Hall–Kier alpha value is -1.52. The highest BCUT2D eigenvalue weighted by atomic mass is 127. The van der Waals surface area contributed by atoms with Crippen molar-refractivity contribution in [1.29, 1.82) is 0 Å². The van der Waals surface area contributed by atoms with Gasteiger partial charge in [0.15, 0.2) is 25.0 Å². The van der Waals surface area contributed by atoms with Crippen LogP contribution in [0, 0.1) is 5.92 Å². The number of hydrogen-bond donors (Lipinski definition) is 0. The Labute approximate surface area is 469 Å². The number of allylic oxidation sites excluding steroid dienone is 1. The second-order valence-corrected chi connectivity index (χ2v) is 42.8. The molecule has 434 valence electrons. The number of aldehydes is 1. The third-order valence-electron chi connectivity index (χ3n) is 17.3. The van der Waals surface area contributed by atoms with Crippen molar-refractivity contribution in [2.75, 3.05) is 4.43 Å². The minimum Gasteiger partial charge on any atom is -0.455 e. The molecule has 0 spiro atoms. The smallest absolute Gasteiger partial charge is 0.455 e. The fourth-order valence-corrected chi connectivity index (χ4v) is 14.9. The molecule has 21 heteroatoms. The Morgan fingerprint density at radius 2 is 1.39 bits per heavy atom. The van der Waals surface area contributed by atoms with Crippen LogP contribution in [0.15, 0.2) is 54.8 Å². The van der Waals surface area contributed by atoms with E-state index in [1.807, 2.05) is 18.2 Å². The fraction of sp³-hybridized carbons (Fsp3) is 0.782. The van der Waals surface area contributed by atoms with E-state index in [2.05, 4.69) is 135 Å². The van der Waals surface area contributed by atoms with Crippen LogP contribution >= 0.6 is 22.6 Å². The third-order valence-corrected chi connectivity index (χ3v) is 33.0. The summed E-state index contributed by atoms with van der Waals surface area (Å²) in [6, 6.07) is 8.86. The number of benzene rings is 1. The van der Waals surface area contributed by atoms with Crippen molar-refractivity contribution in [1.82, 2.24) is 0 Å². The topological polar surface area (TPSA) is 151 Å². The monoisotopic (exact) mass is 1260 g/mol. The van der Waals surface area contributed by atoms with Crippen molar-refractivity contribution in [2.24, 2.45) is 5.92 Å². The van der Waals surface area contributed by atoms with Gasteiger partial charge >= 0.3 is 21.6 Å². The van der Waals surface area contributed by atoms with Gasteiger partial charge in [0.2, 0.25) is 0 Å². The summed E-state index contributed by atoms with van der Waals surface area (Å²) in [5, 5.41) is -0.565. The van der Waals surface area contributed by atoms with Gasteiger partial charge in [-0.05, 0) is 118 Å². The van der Waals surface area contributed by atoms with Crippen molar-refractivity contribution in [3.63, 3.8) is 0 Å². The molecular formula is C55H90F3IO13SSi3. The average molecular weight is 1260 g/mol. The number of carbonyl (C=O) groups is 2. The molecule has 0 saturated carbocycles. The molecule has 13 atom stereocenters. The van der Waals surface area contributed by atoms with Crippen molar-refractivity contribution in [2.45, 2.75) is 260 Å². The van der Waals surface area contributed by atoms with E-state index in [1.54, 1.807) is 31.2 Å². The molecule has 0 amide bonds. The van der Waals surface area contributed by atoms with Gasteiger partial charge in [0.05, 0.1) is 42.2 Å². The van der Waals surface area contributed by atoms with Crippen molar-refractivity contribution < 1.29 is 72.3 Å². The number of ether oxygens (including phenoxy) is 5. The lowest BCUT2D eigenvalue weighted by molar-refractivity contribution is -0.266. The molecule has 4 saturated heterocycles. The number of carbonyl (C=O) groups excluding carboxylic acids is 2. The van der Waals surface area contributed by atoms with Crippen molar-refractivity contribution >= 4 is 69.9 Å².